The molecule has 158 valence electrons. The second kappa shape index (κ2) is 8.96. The molecular weight excluding hydrogens is 406 g/mol. The highest BCUT2D eigenvalue weighted by molar-refractivity contribution is 8.13. The van der Waals surface area contributed by atoms with E-state index in [0.29, 0.717) is 5.17 Å². The van der Waals surface area contributed by atoms with E-state index in [1.807, 2.05) is 98.1 Å². The first-order chi connectivity index (χ1) is 15.1. The quantitative estimate of drug-likeness (QED) is 0.581. The van der Waals surface area contributed by atoms with Gasteiger partial charge in [-0.1, -0.05) is 84.6 Å². The fraction of sp³-hybridized carbons (Fsp3) is 0.200. The largest absolute Gasteiger partial charge is 0.372 e. The maximum atomic E-state index is 13.4. The zero-order chi connectivity index (χ0) is 21.8. The van der Waals surface area contributed by atoms with Gasteiger partial charge in [-0.05, 0) is 42.0 Å². The number of hydrogen-bond donors (Lipinski definition) is 1. The van der Waals surface area contributed by atoms with Gasteiger partial charge in [0.25, 0.3) is 5.91 Å². The van der Waals surface area contributed by atoms with Crippen LogP contribution in [0.2, 0.25) is 0 Å². The van der Waals surface area contributed by atoms with E-state index in [4.69, 9.17) is 9.73 Å². The third-order valence-electron chi connectivity index (χ3n) is 5.44. The summed E-state index contributed by atoms with van der Waals surface area (Å²) in [6.45, 7) is 1.86. The molecule has 1 heterocycles. The van der Waals surface area contributed by atoms with Gasteiger partial charge in [0.1, 0.15) is 6.10 Å². The Balaban J connectivity index is 1.61. The van der Waals surface area contributed by atoms with Gasteiger partial charge in [0.15, 0.2) is 10.7 Å². The number of methoxy groups -OCH3 is 1. The maximum Gasteiger partial charge on any atom is 0.279 e. The van der Waals surface area contributed by atoms with Gasteiger partial charge in [-0.15, -0.1) is 0 Å². The first-order valence-corrected chi connectivity index (χ1v) is 11.3. The molecule has 1 aliphatic rings. The first-order valence-electron chi connectivity index (χ1n) is 10.0. The second-order valence-electron chi connectivity index (χ2n) is 7.44. The van der Waals surface area contributed by atoms with Crippen LogP contribution in [0.5, 0.6) is 0 Å². The molecule has 0 aliphatic carbocycles. The summed E-state index contributed by atoms with van der Waals surface area (Å²) in [5.41, 5.74) is 5.99. The summed E-state index contributed by atoms with van der Waals surface area (Å²) in [6.07, 6.45) is 1.76. The summed E-state index contributed by atoms with van der Waals surface area (Å²) in [5.74, 6) is -0.111. The number of nitrogens with zero attached hydrogens (tertiary/aromatic N) is 2. The molecular formula is C25H25N3O2S. The van der Waals surface area contributed by atoms with Gasteiger partial charge in [-0.3, -0.25) is 10.2 Å². The van der Waals surface area contributed by atoms with E-state index >= 15 is 0 Å². The highest BCUT2D eigenvalue weighted by atomic mass is 32.2. The number of benzene rings is 3. The number of amides is 1. The summed E-state index contributed by atoms with van der Waals surface area (Å²) >= 11 is 1.44. The van der Waals surface area contributed by atoms with Crippen LogP contribution < -0.4 is 5.43 Å². The lowest BCUT2D eigenvalue weighted by atomic mass is 9.90. The van der Waals surface area contributed by atoms with Crippen molar-refractivity contribution in [3.8, 4) is 0 Å². The van der Waals surface area contributed by atoms with Gasteiger partial charge in [0.05, 0.1) is 5.69 Å². The number of hydrogen-bond acceptors (Lipinski definition) is 5. The molecule has 6 heteroatoms. The Morgan fingerprint density at radius 3 is 2.10 bits per heavy atom. The molecule has 1 aliphatic heterocycles. The topological polar surface area (TPSA) is 53.9 Å². The molecule has 0 saturated carbocycles. The fourth-order valence-electron chi connectivity index (χ4n) is 3.73. The predicted molar refractivity (Wildman–Crippen MR) is 127 cm³/mol. The van der Waals surface area contributed by atoms with E-state index in [1.165, 1.54) is 16.8 Å². The van der Waals surface area contributed by atoms with Gasteiger partial charge in [0.2, 0.25) is 0 Å². The van der Waals surface area contributed by atoms with Gasteiger partial charge in [-0.2, -0.15) is 5.01 Å². The molecule has 31 heavy (non-hydrogen) atoms. The van der Waals surface area contributed by atoms with Gasteiger partial charge >= 0.3 is 0 Å². The average Bonchev–Trinajstić information content (AvgIpc) is 3.07. The molecule has 0 saturated heterocycles. The monoisotopic (exact) mass is 431 g/mol. The number of thioether (sulfide) groups is 1. The van der Waals surface area contributed by atoms with Crippen LogP contribution in [-0.4, -0.2) is 29.4 Å². The van der Waals surface area contributed by atoms with E-state index in [1.54, 1.807) is 7.11 Å². The number of para-hydroxylation sites is 1. The van der Waals surface area contributed by atoms with E-state index < -0.39 is 5.54 Å². The molecule has 1 N–H and O–H groups in total. The Morgan fingerprint density at radius 1 is 0.935 bits per heavy atom. The number of carbonyl (C=O) groups excluding carboxylic acids is 1. The van der Waals surface area contributed by atoms with Crippen molar-refractivity contribution < 1.29 is 9.53 Å². The Hall–Kier alpha value is -3.09. The number of carbonyl (C=O) groups is 1. The van der Waals surface area contributed by atoms with Crippen molar-refractivity contribution in [2.75, 3.05) is 18.8 Å². The van der Waals surface area contributed by atoms with Crippen LogP contribution in [0.15, 0.2) is 89.9 Å². The summed E-state index contributed by atoms with van der Waals surface area (Å²) in [5, 5.41) is 2.18. The molecule has 3 aromatic rings. The average molecular weight is 432 g/mol. The lowest BCUT2D eigenvalue weighted by Gasteiger charge is -2.24. The molecule has 4 rings (SSSR count). The number of anilines is 1. The Labute approximate surface area is 187 Å². The van der Waals surface area contributed by atoms with Gasteiger partial charge in [-0.25, -0.2) is 4.99 Å². The van der Waals surface area contributed by atoms with E-state index in [-0.39, 0.29) is 12.0 Å². The number of aliphatic imine (C=N–C) groups is 1. The number of amidine groups is 1. The normalized spacial score (nSPS) is 19.3. The summed E-state index contributed by atoms with van der Waals surface area (Å²) in [4.78, 5) is 18.2. The molecule has 0 fully saturated rings. The summed E-state index contributed by atoms with van der Waals surface area (Å²) in [7, 11) is 1.70. The minimum absolute atomic E-state index is 0.111. The van der Waals surface area contributed by atoms with Gasteiger partial charge in [0, 0.05) is 7.11 Å². The standard InChI is InChI=1S/C25H25N3O2S/c1-25(23(29)28(24(26-25)31-3)27-21-12-8-5-9-13-21)20-16-14-19(15-17-20)22(30-2)18-10-6-4-7-11-18/h4-17,22,27H,1-3H3. The molecule has 2 unspecified atom stereocenters. The van der Waals surface area contributed by atoms with Gasteiger partial charge < -0.3 is 4.74 Å². The molecule has 2 atom stereocenters. The van der Waals surface area contributed by atoms with Crippen molar-refractivity contribution in [1.29, 1.82) is 0 Å². The van der Waals surface area contributed by atoms with Crippen LogP contribution in [0.1, 0.15) is 29.7 Å². The van der Waals surface area contributed by atoms with Crippen molar-refractivity contribution >= 4 is 28.5 Å². The fourth-order valence-corrected chi connectivity index (χ4v) is 4.32. The maximum absolute atomic E-state index is 13.4. The van der Waals surface area contributed by atoms with Crippen molar-refractivity contribution in [2.24, 2.45) is 4.99 Å². The smallest absolute Gasteiger partial charge is 0.279 e. The minimum atomic E-state index is -0.992. The molecule has 3 aromatic carbocycles. The zero-order valence-corrected chi connectivity index (χ0v) is 18.6. The van der Waals surface area contributed by atoms with E-state index in [9.17, 15) is 4.79 Å². The first kappa shape index (κ1) is 21.2. The van der Waals surface area contributed by atoms with Crippen LogP contribution >= 0.6 is 11.8 Å². The van der Waals surface area contributed by atoms with E-state index in [2.05, 4.69) is 5.43 Å². The third kappa shape index (κ3) is 4.09. The van der Waals surface area contributed by atoms with Crippen LogP contribution in [0.25, 0.3) is 0 Å². The molecule has 5 nitrogen and oxygen atoms in total. The Kier molecular flexibility index (Phi) is 6.11. The number of nitrogens with one attached hydrogen (secondary N) is 1. The SMILES string of the molecule is COC(c1ccccc1)c1ccc(C2(C)N=C(SC)N(Nc3ccccc3)C2=O)cc1. The van der Waals surface area contributed by atoms with E-state index in [0.717, 1.165) is 22.4 Å². The molecule has 0 radical (unpaired) electrons. The molecule has 0 aromatic heterocycles. The van der Waals surface area contributed by atoms with Crippen LogP contribution in [0.3, 0.4) is 0 Å². The number of hydrazine groups is 1. The number of rotatable bonds is 6. The highest BCUT2D eigenvalue weighted by Crippen LogP contribution is 2.36. The molecule has 0 bridgehead atoms. The van der Waals surface area contributed by atoms with Crippen LogP contribution in [0.4, 0.5) is 5.69 Å². The summed E-state index contributed by atoms with van der Waals surface area (Å²) < 4.78 is 5.74. The Morgan fingerprint density at radius 2 is 1.52 bits per heavy atom. The molecule has 0 spiro atoms. The summed E-state index contributed by atoms with van der Waals surface area (Å²) in [6, 6.07) is 27.7. The second-order valence-corrected chi connectivity index (χ2v) is 8.21. The zero-order valence-electron chi connectivity index (χ0n) is 17.8. The molecule has 1 amide bonds. The minimum Gasteiger partial charge on any atom is -0.372 e. The third-order valence-corrected chi connectivity index (χ3v) is 6.08. The lowest BCUT2D eigenvalue weighted by molar-refractivity contribution is -0.129. The van der Waals surface area contributed by atoms with Crippen molar-refractivity contribution in [3.63, 3.8) is 0 Å². The lowest BCUT2D eigenvalue weighted by Crippen LogP contribution is -2.42. The number of ether oxygens (including phenoxy) is 1. The predicted octanol–water partition coefficient (Wildman–Crippen LogP) is 5.23. The highest BCUT2D eigenvalue weighted by Gasteiger charge is 2.46. The van der Waals surface area contributed by atoms with Crippen molar-refractivity contribution in [2.45, 2.75) is 18.6 Å². The van der Waals surface area contributed by atoms with Crippen LogP contribution in [-0.2, 0) is 15.1 Å². The Bertz CT molecular complexity index is 1070. The van der Waals surface area contributed by atoms with Crippen molar-refractivity contribution in [3.05, 3.63) is 102 Å². The van der Waals surface area contributed by atoms with Crippen LogP contribution in [0, 0.1) is 0 Å². The van der Waals surface area contributed by atoms with Crippen molar-refractivity contribution in [1.82, 2.24) is 5.01 Å².